The zero-order chi connectivity index (χ0) is 26.1. The van der Waals surface area contributed by atoms with Gasteiger partial charge in [-0.1, -0.05) is 18.2 Å². The summed E-state index contributed by atoms with van der Waals surface area (Å²) < 4.78 is 40.5. The average molecular weight is 512 g/mol. The maximum Gasteiger partial charge on any atom is 0.219 e. The molecule has 198 valence electrons. The van der Waals surface area contributed by atoms with E-state index in [4.69, 9.17) is 14.5 Å². The molecule has 9 heteroatoms. The van der Waals surface area contributed by atoms with Gasteiger partial charge in [-0.25, -0.2) is 18.7 Å². The largest absolute Gasteiger partial charge is 0.469 e. The molecule has 1 N–H and O–H groups in total. The summed E-state index contributed by atoms with van der Waals surface area (Å²) in [6.45, 7) is 10.8. The zero-order valence-electron chi connectivity index (χ0n) is 21.9. The molecule has 2 atom stereocenters. The quantitative estimate of drug-likeness (QED) is 0.414. The van der Waals surface area contributed by atoms with Crippen LogP contribution in [0, 0.1) is 5.82 Å². The SMILES string of the molecule is CC(F)c1cccc([C@@H](C)Nc2ncnc3nc(OC4COC4)c(C4CCN(C(C)C)CC4)cc23)c1F. The summed E-state index contributed by atoms with van der Waals surface area (Å²) in [6.07, 6.45) is 2.06. The Morgan fingerprint density at radius 3 is 2.46 bits per heavy atom. The monoisotopic (exact) mass is 511 g/mol. The summed E-state index contributed by atoms with van der Waals surface area (Å²) in [5.41, 5.74) is 1.99. The lowest BCUT2D eigenvalue weighted by Crippen LogP contribution is -2.40. The molecule has 3 aromatic rings. The smallest absolute Gasteiger partial charge is 0.219 e. The normalized spacial score (nSPS) is 19.1. The highest BCUT2D eigenvalue weighted by Crippen LogP contribution is 2.38. The molecule has 0 radical (unpaired) electrons. The maximum atomic E-state index is 15.0. The Labute approximate surface area is 216 Å². The summed E-state index contributed by atoms with van der Waals surface area (Å²) >= 11 is 0. The summed E-state index contributed by atoms with van der Waals surface area (Å²) in [7, 11) is 0. The lowest BCUT2D eigenvalue weighted by molar-refractivity contribution is -0.0817. The first-order valence-electron chi connectivity index (χ1n) is 13.1. The molecule has 2 aromatic heterocycles. The molecule has 1 aromatic carbocycles. The van der Waals surface area contributed by atoms with Gasteiger partial charge in [-0.2, -0.15) is 4.98 Å². The molecule has 2 aliphatic heterocycles. The fourth-order valence-electron chi connectivity index (χ4n) is 5.15. The van der Waals surface area contributed by atoms with Crippen LogP contribution in [0.1, 0.15) is 75.4 Å². The van der Waals surface area contributed by atoms with Gasteiger partial charge in [-0.3, -0.25) is 0 Å². The van der Waals surface area contributed by atoms with Gasteiger partial charge < -0.3 is 19.7 Å². The number of nitrogens with one attached hydrogen (secondary N) is 1. The van der Waals surface area contributed by atoms with Crippen LogP contribution in [-0.4, -0.2) is 58.3 Å². The predicted molar refractivity (Wildman–Crippen MR) is 139 cm³/mol. The number of hydrogen-bond donors (Lipinski definition) is 1. The van der Waals surface area contributed by atoms with E-state index in [1.165, 1.54) is 19.3 Å². The first-order valence-corrected chi connectivity index (χ1v) is 13.1. The van der Waals surface area contributed by atoms with Gasteiger partial charge in [0.25, 0.3) is 0 Å². The van der Waals surface area contributed by atoms with Gasteiger partial charge in [-0.15, -0.1) is 0 Å². The molecule has 4 heterocycles. The topological polar surface area (TPSA) is 72.4 Å². The van der Waals surface area contributed by atoms with Crippen molar-refractivity contribution in [2.24, 2.45) is 0 Å². The Morgan fingerprint density at radius 1 is 1.08 bits per heavy atom. The summed E-state index contributed by atoms with van der Waals surface area (Å²) in [5, 5.41) is 4.07. The molecular formula is C28H35F2N5O2. The van der Waals surface area contributed by atoms with E-state index in [0.29, 0.717) is 48.1 Å². The van der Waals surface area contributed by atoms with Crippen molar-refractivity contribution in [2.45, 2.75) is 70.8 Å². The van der Waals surface area contributed by atoms with E-state index in [1.54, 1.807) is 12.1 Å². The lowest BCUT2D eigenvalue weighted by atomic mass is 9.89. The number of nitrogens with zero attached hydrogens (tertiary/aromatic N) is 4. The van der Waals surface area contributed by atoms with Crippen LogP contribution in [0.3, 0.4) is 0 Å². The third-order valence-corrected chi connectivity index (χ3v) is 7.51. The van der Waals surface area contributed by atoms with Gasteiger partial charge in [0.15, 0.2) is 5.65 Å². The highest BCUT2D eigenvalue weighted by Gasteiger charge is 2.29. The van der Waals surface area contributed by atoms with E-state index < -0.39 is 18.0 Å². The van der Waals surface area contributed by atoms with E-state index in [0.717, 1.165) is 36.9 Å². The van der Waals surface area contributed by atoms with Gasteiger partial charge in [0.1, 0.15) is 30.2 Å². The average Bonchev–Trinajstić information content (AvgIpc) is 2.86. The van der Waals surface area contributed by atoms with Gasteiger partial charge >= 0.3 is 0 Å². The Kier molecular flexibility index (Phi) is 7.53. The van der Waals surface area contributed by atoms with Crippen molar-refractivity contribution in [3.8, 4) is 5.88 Å². The van der Waals surface area contributed by atoms with Crippen molar-refractivity contribution in [3.05, 3.63) is 53.1 Å². The second-order valence-electron chi connectivity index (χ2n) is 10.4. The summed E-state index contributed by atoms with van der Waals surface area (Å²) in [6, 6.07) is 6.98. The second-order valence-corrected chi connectivity index (χ2v) is 10.4. The van der Waals surface area contributed by atoms with Crippen molar-refractivity contribution in [3.63, 3.8) is 0 Å². The fourth-order valence-corrected chi connectivity index (χ4v) is 5.15. The molecule has 0 spiro atoms. The number of aromatic nitrogens is 3. The number of fused-ring (bicyclic) bond motifs is 1. The van der Waals surface area contributed by atoms with E-state index >= 15 is 4.39 Å². The van der Waals surface area contributed by atoms with Crippen molar-refractivity contribution < 1.29 is 18.3 Å². The molecule has 1 unspecified atom stereocenters. The minimum absolute atomic E-state index is 0.00736. The number of alkyl halides is 1. The van der Waals surface area contributed by atoms with Crippen molar-refractivity contribution >= 4 is 16.9 Å². The fraction of sp³-hybridized carbons (Fsp3) is 0.536. The molecule has 2 aliphatic rings. The molecule has 7 nitrogen and oxygen atoms in total. The number of hydrogen-bond acceptors (Lipinski definition) is 7. The predicted octanol–water partition coefficient (Wildman–Crippen LogP) is 5.73. The Morgan fingerprint density at radius 2 is 1.81 bits per heavy atom. The van der Waals surface area contributed by atoms with Gasteiger partial charge in [0, 0.05) is 22.7 Å². The molecule has 5 rings (SSSR count). The van der Waals surface area contributed by atoms with Gasteiger partial charge in [0.2, 0.25) is 5.88 Å². The Bertz CT molecular complexity index is 1240. The number of pyridine rings is 1. The van der Waals surface area contributed by atoms with Crippen molar-refractivity contribution in [1.29, 1.82) is 0 Å². The van der Waals surface area contributed by atoms with Crippen LogP contribution in [-0.2, 0) is 4.74 Å². The minimum Gasteiger partial charge on any atom is -0.469 e. The zero-order valence-corrected chi connectivity index (χ0v) is 21.9. The Hall–Kier alpha value is -2.91. The highest BCUT2D eigenvalue weighted by atomic mass is 19.1. The molecule has 0 aliphatic carbocycles. The number of likely N-dealkylation sites (tertiary alicyclic amines) is 1. The number of anilines is 1. The van der Waals surface area contributed by atoms with Crippen LogP contribution in [0.25, 0.3) is 11.0 Å². The van der Waals surface area contributed by atoms with Crippen LogP contribution in [0.15, 0.2) is 30.6 Å². The maximum absolute atomic E-state index is 15.0. The van der Waals surface area contributed by atoms with E-state index in [2.05, 4.69) is 40.1 Å². The van der Waals surface area contributed by atoms with Crippen molar-refractivity contribution in [2.75, 3.05) is 31.6 Å². The van der Waals surface area contributed by atoms with Crippen LogP contribution in [0.5, 0.6) is 5.88 Å². The molecule has 2 fully saturated rings. The van der Waals surface area contributed by atoms with Crippen LogP contribution in [0.4, 0.5) is 14.6 Å². The number of rotatable bonds is 8. The molecule has 0 amide bonds. The summed E-state index contributed by atoms with van der Waals surface area (Å²) in [4.78, 5) is 16.2. The molecular weight excluding hydrogens is 476 g/mol. The first kappa shape index (κ1) is 25.7. The van der Waals surface area contributed by atoms with Crippen LogP contribution < -0.4 is 10.1 Å². The third-order valence-electron chi connectivity index (χ3n) is 7.51. The molecule has 37 heavy (non-hydrogen) atoms. The van der Waals surface area contributed by atoms with E-state index in [-0.39, 0.29) is 11.7 Å². The van der Waals surface area contributed by atoms with E-state index in [9.17, 15) is 4.39 Å². The van der Waals surface area contributed by atoms with Crippen molar-refractivity contribution in [1.82, 2.24) is 19.9 Å². The van der Waals surface area contributed by atoms with Crippen LogP contribution in [0.2, 0.25) is 0 Å². The highest BCUT2D eigenvalue weighted by molar-refractivity contribution is 5.87. The lowest BCUT2D eigenvalue weighted by Gasteiger charge is -2.35. The molecule has 0 bridgehead atoms. The van der Waals surface area contributed by atoms with E-state index in [1.807, 2.05) is 6.92 Å². The minimum atomic E-state index is -1.39. The number of ether oxygens (including phenoxy) is 2. The number of halogens is 2. The van der Waals surface area contributed by atoms with Gasteiger partial charge in [-0.05, 0) is 65.6 Å². The Balaban J connectivity index is 1.48. The first-order chi connectivity index (χ1) is 17.8. The third kappa shape index (κ3) is 5.38. The second kappa shape index (κ2) is 10.8. The number of piperidine rings is 1. The van der Waals surface area contributed by atoms with Gasteiger partial charge in [0.05, 0.1) is 24.6 Å². The molecule has 2 saturated heterocycles. The summed E-state index contributed by atoms with van der Waals surface area (Å²) in [5.74, 6) is 0.929. The standard InChI is InChI=1S/C28H35F2N5O2/c1-16(2)35-10-8-19(9-11-35)23-12-24-26(31-15-32-27(24)34-28(23)37-20-13-36-14-20)33-18(4)22-7-5-6-21(17(3)29)25(22)30/h5-7,12,15-20H,8-11,13-14H2,1-4H3,(H,31,32,33,34)/t17?,18-/m1/s1. The molecule has 0 saturated carbocycles. The number of benzene rings is 1. The van der Waals surface area contributed by atoms with Crippen LogP contribution >= 0.6 is 0 Å².